The first-order valence-corrected chi connectivity index (χ1v) is 13.2. The summed E-state index contributed by atoms with van der Waals surface area (Å²) >= 11 is 6.06. The number of carbonyl (C=O) groups excluding carboxylic acids is 3. The van der Waals surface area contributed by atoms with Gasteiger partial charge < -0.3 is 25.8 Å². The fourth-order valence-corrected chi connectivity index (χ4v) is 4.61. The van der Waals surface area contributed by atoms with Gasteiger partial charge in [0.05, 0.1) is 17.5 Å². The zero-order valence-corrected chi connectivity index (χ0v) is 22.7. The van der Waals surface area contributed by atoms with Crippen LogP contribution in [-0.2, 0) is 19.1 Å². The Balaban J connectivity index is 1.38. The number of aliphatic imine (C=N–C) groups is 1. The van der Waals surface area contributed by atoms with Gasteiger partial charge in [-0.3, -0.25) is 19.4 Å². The molecule has 1 unspecified atom stereocenters. The first-order valence-electron chi connectivity index (χ1n) is 12.8. The Labute approximate surface area is 243 Å². The molecule has 5 rings (SSSR count). The summed E-state index contributed by atoms with van der Waals surface area (Å²) in [5, 5.41) is 5.57. The number of nitrogens with two attached hydrogens (primary N) is 1. The molecule has 0 radical (unpaired) electrons. The van der Waals surface area contributed by atoms with E-state index in [1.807, 2.05) is 0 Å². The van der Waals surface area contributed by atoms with Gasteiger partial charge in [0.1, 0.15) is 28.8 Å². The molecule has 42 heavy (non-hydrogen) atoms. The third kappa shape index (κ3) is 6.29. The quantitative estimate of drug-likeness (QED) is 0.260. The molecule has 0 spiro atoms. The Morgan fingerprint density at radius 1 is 1.12 bits per heavy atom. The number of pyridine rings is 1. The van der Waals surface area contributed by atoms with Crippen molar-refractivity contribution in [2.45, 2.75) is 12.3 Å². The molecule has 3 heterocycles. The average Bonchev–Trinajstić information content (AvgIpc) is 3.51. The van der Waals surface area contributed by atoms with Gasteiger partial charge in [-0.05, 0) is 42.8 Å². The maximum Gasteiger partial charge on any atom is 0.310 e. The minimum absolute atomic E-state index is 0.00529. The number of hydrogen-bond donors (Lipinski definition) is 3. The number of carbonyl (C=O) groups is 3. The summed E-state index contributed by atoms with van der Waals surface area (Å²) < 4.78 is 39.3. The summed E-state index contributed by atoms with van der Waals surface area (Å²) in [7, 11) is 0. The van der Waals surface area contributed by atoms with Gasteiger partial charge in [-0.1, -0.05) is 23.7 Å². The number of esters is 1. The number of aromatic nitrogens is 1. The van der Waals surface area contributed by atoms with Crippen molar-refractivity contribution in [1.29, 1.82) is 0 Å². The van der Waals surface area contributed by atoms with Gasteiger partial charge in [0.15, 0.2) is 23.1 Å². The predicted molar refractivity (Wildman–Crippen MR) is 150 cm³/mol. The van der Waals surface area contributed by atoms with Crippen molar-refractivity contribution in [3.63, 3.8) is 0 Å². The lowest BCUT2D eigenvalue weighted by Gasteiger charge is -2.21. The minimum atomic E-state index is -0.991. The molecule has 216 valence electrons. The van der Waals surface area contributed by atoms with Crippen LogP contribution in [0, 0.1) is 17.6 Å². The summed E-state index contributed by atoms with van der Waals surface area (Å²) in [4.78, 5) is 47.5. The second-order valence-corrected chi connectivity index (χ2v) is 9.88. The first kappa shape index (κ1) is 28.8. The van der Waals surface area contributed by atoms with Crippen molar-refractivity contribution >= 4 is 47.0 Å². The van der Waals surface area contributed by atoms with Crippen LogP contribution < -0.4 is 21.1 Å². The van der Waals surface area contributed by atoms with Gasteiger partial charge in [-0.25, -0.2) is 13.8 Å². The highest BCUT2D eigenvalue weighted by Crippen LogP contribution is 2.34. The van der Waals surface area contributed by atoms with Crippen LogP contribution in [0.4, 0.5) is 20.3 Å². The number of amides is 1. The molecule has 0 aliphatic carbocycles. The molecule has 2 aliphatic rings. The van der Waals surface area contributed by atoms with E-state index in [0.717, 1.165) is 6.07 Å². The van der Waals surface area contributed by atoms with Gasteiger partial charge in [0, 0.05) is 36.8 Å². The molecule has 1 saturated heterocycles. The lowest BCUT2D eigenvalue weighted by atomic mass is 9.88. The maximum atomic E-state index is 14.9. The molecule has 0 saturated carbocycles. The van der Waals surface area contributed by atoms with Crippen molar-refractivity contribution < 1.29 is 32.6 Å². The Morgan fingerprint density at radius 3 is 2.62 bits per heavy atom. The Kier molecular flexibility index (Phi) is 8.55. The molecular formula is C29H24ClF2N5O5. The summed E-state index contributed by atoms with van der Waals surface area (Å²) in [5.41, 5.74) is 5.63. The van der Waals surface area contributed by atoms with E-state index in [1.54, 1.807) is 0 Å². The number of halogens is 3. The number of ether oxygens (including phenoxy) is 2. The third-order valence-corrected chi connectivity index (χ3v) is 7.07. The molecule has 13 heteroatoms. The molecule has 3 aromatic rings. The summed E-state index contributed by atoms with van der Waals surface area (Å²) in [6.45, 7) is 0.718. The van der Waals surface area contributed by atoms with Gasteiger partial charge >= 0.3 is 5.97 Å². The van der Waals surface area contributed by atoms with E-state index in [4.69, 9.17) is 26.8 Å². The van der Waals surface area contributed by atoms with Crippen LogP contribution in [0.5, 0.6) is 11.5 Å². The number of nitrogens with one attached hydrogen (secondary N) is 2. The molecule has 2 aliphatic heterocycles. The number of benzene rings is 2. The Morgan fingerprint density at radius 2 is 1.90 bits per heavy atom. The smallest absolute Gasteiger partial charge is 0.310 e. The van der Waals surface area contributed by atoms with Crippen molar-refractivity contribution in [3.05, 3.63) is 88.2 Å². The maximum absolute atomic E-state index is 14.9. The third-order valence-electron chi connectivity index (χ3n) is 6.69. The number of ketones is 1. The number of hydrogen-bond acceptors (Lipinski definition) is 9. The van der Waals surface area contributed by atoms with Crippen LogP contribution in [0.1, 0.15) is 17.9 Å². The number of anilines is 2. The normalized spacial score (nSPS) is 18.2. The van der Waals surface area contributed by atoms with Crippen molar-refractivity contribution in [2.24, 2.45) is 10.9 Å². The zero-order valence-electron chi connectivity index (χ0n) is 21.9. The highest BCUT2D eigenvalue weighted by molar-refractivity contribution is 6.34. The van der Waals surface area contributed by atoms with E-state index in [0.29, 0.717) is 25.1 Å². The first-order chi connectivity index (χ1) is 20.2. The molecule has 2 aromatic carbocycles. The van der Waals surface area contributed by atoms with E-state index >= 15 is 0 Å². The van der Waals surface area contributed by atoms with Crippen LogP contribution >= 0.6 is 11.6 Å². The fourth-order valence-electron chi connectivity index (χ4n) is 4.46. The highest BCUT2D eigenvalue weighted by Gasteiger charge is 2.34. The van der Waals surface area contributed by atoms with E-state index in [1.165, 1.54) is 54.9 Å². The minimum Gasteiger partial charge on any atom is -0.459 e. The van der Waals surface area contributed by atoms with Crippen LogP contribution in [0.25, 0.3) is 0 Å². The van der Waals surface area contributed by atoms with Crippen molar-refractivity contribution in [1.82, 2.24) is 10.3 Å². The molecule has 2 atom stereocenters. The van der Waals surface area contributed by atoms with Gasteiger partial charge in [0.2, 0.25) is 0 Å². The lowest BCUT2D eigenvalue weighted by molar-refractivity contribution is -0.147. The molecule has 4 N–H and O–H groups in total. The summed E-state index contributed by atoms with van der Waals surface area (Å²) in [6, 6.07) is 10.2. The lowest BCUT2D eigenvalue weighted by Crippen LogP contribution is -2.31. The Hall–Kier alpha value is -4.68. The largest absolute Gasteiger partial charge is 0.459 e. The van der Waals surface area contributed by atoms with Crippen LogP contribution in [-0.4, -0.2) is 48.6 Å². The van der Waals surface area contributed by atoms with Crippen LogP contribution in [0.3, 0.4) is 0 Å². The van der Waals surface area contributed by atoms with Gasteiger partial charge in [-0.15, -0.1) is 0 Å². The zero-order chi connectivity index (χ0) is 29.8. The van der Waals surface area contributed by atoms with E-state index in [-0.39, 0.29) is 45.2 Å². The standard InChI is InChI=1S/C29H24ClF2N5O5/c30-25-23(8-10-35-27(25)33)42-22-6-5-18(11-20(22)32)37-28(39)24-21(14-41-29(40)16-7-9-34-12-16)36-13-19(26(24)38)15-1-3-17(31)4-2-15/h1-6,8,10-11,13,16,19,34H,7,9,12,14H2,(H2,33,35)(H,37,39)/t16?,19-/m1/s1. The number of nitrogen functional groups attached to an aromatic ring is 1. The SMILES string of the molecule is Nc1nccc(Oc2ccc(NC(=O)C3=C(COC(=O)C4CCNC4)N=C[C@H](c4ccc(F)cc4)C3=O)cc2F)c1Cl. The van der Waals surface area contributed by atoms with Crippen molar-refractivity contribution in [3.8, 4) is 11.5 Å². The number of rotatable bonds is 8. The van der Waals surface area contributed by atoms with Gasteiger partial charge in [0.25, 0.3) is 5.91 Å². The predicted octanol–water partition coefficient (Wildman–Crippen LogP) is 4.17. The molecule has 10 nitrogen and oxygen atoms in total. The average molecular weight is 596 g/mol. The monoisotopic (exact) mass is 595 g/mol. The Bertz CT molecular complexity index is 1610. The van der Waals surface area contributed by atoms with Gasteiger partial charge in [-0.2, -0.15) is 0 Å². The topological polar surface area (TPSA) is 145 Å². The second-order valence-electron chi connectivity index (χ2n) is 9.50. The highest BCUT2D eigenvalue weighted by atomic mass is 35.5. The molecule has 1 aromatic heterocycles. The molecule has 1 amide bonds. The van der Waals surface area contributed by atoms with E-state index in [9.17, 15) is 23.2 Å². The molecule has 1 fully saturated rings. The van der Waals surface area contributed by atoms with Crippen molar-refractivity contribution in [2.75, 3.05) is 30.7 Å². The number of Topliss-reactive ketones (excluding diaryl/α,β-unsaturated/α-hetero) is 1. The molecular weight excluding hydrogens is 572 g/mol. The number of nitrogens with zero attached hydrogens (tertiary/aromatic N) is 2. The molecule has 0 bridgehead atoms. The summed E-state index contributed by atoms with van der Waals surface area (Å²) in [6.07, 6.45) is 3.26. The van der Waals surface area contributed by atoms with Crippen LogP contribution in [0.15, 0.2) is 71.0 Å². The second kappa shape index (κ2) is 12.5. The van der Waals surface area contributed by atoms with Crippen LogP contribution in [0.2, 0.25) is 5.02 Å². The fraction of sp³-hybridized carbons (Fsp3) is 0.207. The van der Waals surface area contributed by atoms with E-state index < -0.39 is 41.8 Å². The van der Waals surface area contributed by atoms with E-state index in [2.05, 4.69) is 20.6 Å². The summed E-state index contributed by atoms with van der Waals surface area (Å²) in [5.74, 6) is -4.82.